The Hall–Kier alpha value is -2.39. The van der Waals surface area contributed by atoms with Crippen molar-refractivity contribution in [1.29, 1.82) is 5.26 Å². The molecule has 0 spiro atoms. The fourth-order valence-electron chi connectivity index (χ4n) is 0.252. The largest absolute Gasteiger partial charge is 0.466 e. The maximum Gasteiger partial charge on any atom is 0.332 e. The molecule has 0 aromatic heterocycles. The Morgan fingerprint density at radius 2 is 1.89 bits per heavy atom. The van der Waals surface area contributed by atoms with E-state index in [0.717, 1.165) is 0 Å². The number of carbonyl (C=O) groups excluding carboxylic acids is 2. The molecule has 0 aliphatic heterocycles. The van der Waals surface area contributed by atoms with Crippen LogP contribution in [0.5, 0.6) is 0 Å². The molecule has 18 heavy (non-hydrogen) atoms. The molecule has 6 nitrogen and oxygen atoms in total. The normalized spacial score (nSPS) is 7.00. The molecule has 1 amide bonds. The Bertz CT molecular complexity index is 328. The van der Waals surface area contributed by atoms with Gasteiger partial charge in [-0.2, -0.15) is 5.26 Å². The monoisotopic (exact) mass is 254 g/mol. The predicted octanol–water partition coefficient (Wildman–Crippen LogP) is 0.452. The second-order valence-electron chi connectivity index (χ2n) is 2.73. The summed E-state index contributed by atoms with van der Waals surface area (Å²) < 4.78 is 4.27. The van der Waals surface area contributed by atoms with Crippen LogP contribution in [0.3, 0.4) is 0 Å². The van der Waals surface area contributed by atoms with E-state index in [1.807, 2.05) is 0 Å². The number of esters is 1. The van der Waals surface area contributed by atoms with Gasteiger partial charge >= 0.3 is 5.97 Å². The van der Waals surface area contributed by atoms with Gasteiger partial charge in [-0.25, -0.2) is 4.79 Å². The van der Waals surface area contributed by atoms with Crippen molar-refractivity contribution in [2.75, 3.05) is 13.7 Å². The molecule has 0 bridgehead atoms. The van der Waals surface area contributed by atoms with E-state index in [0.29, 0.717) is 5.57 Å². The molecule has 0 saturated heterocycles. The molecule has 0 radical (unpaired) electrons. The summed E-state index contributed by atoms with van der Waals surface area (Å²) >= 11 is 0. The molecule has 6 heteroatoms. The number of hydrogen-bond donors (Lipinski definition) is 2. The number of ether oxygens (including phenoxy) is 1. The summed E-state index contributed by atoms with van der Waals surface area (Å²) in [6.45, 7) is 10.9. The van der Waals surface area contributed by atoms with Crippen LogP contribution in [0, 0.1) is 11.3 Å². The van der Waals surface area contributed by atoms with Gasteiger partial charge in [0.05, 0.1) is 19.8 Å². The van der Waals surface area contributed by atoms with Crippen LogP contribution in [-0.2, 0) is 14.3 Å². The average Bonchev–Trinajstić information content (AvgIpc) is 2.37. The van der Waals surface area contributed by atoms with Gasteiger partial charge in [-0.1, -0.05) is 19.7 Å². The smallest absolute Gasteiger partial charge is 0.332 e. The number of nitrogens with two attached hydrogens (primary N) is 1. The summed E-state index contributed by atoms with van der Waals surface area (Å²) in [5.74, 6) is -0.998. The first-order valence-electron chi connectivity index (χ1n) is 4.61. The van der Waals surface area contributed by atoms with Gasteiger partial charge < -0.3 is 15.6 Å². The van der Waals surface area contributed by atoms with E-state index in [2.05, 4.69) is 30.2 Å². The summed E-state index contributed by atoms with van der Waals surface area (Å²) in [6.07, 6.45) is 1.18. The van der Waals surface area contributed by atoms with Gasteiger partial charge in [0.25, 0.3) is 0 Å². The molecule has 0 rings (SSSR count). The summed E-state index contributed by atoms with van der Waals surface area (Å²) in [5, 5.41) is 15.6. The summed E-state index contributed by atoms with van der Waals surface area (Å²) in [7, 11) is 1.33. The third-order valence-electron chi connectivity index (χ3n) is 1.16. The summed E-state index contributed by atoms with van der Waals surface area (Å²) in [4.78, 5) is 20.1. The van der Waals surface area contributed by atoms with E-state index < -0.39 is 5.91 Å². The van der Waals surface area contributed by atoms with Gasteiger partial charge in [-0.15, -0.1) is 0 Å². The fourth-order valence-corrected chi connectivity index (χ4v) is 0.252. The second kappa shape index (κ2) is 14.6. The van der Waals surface area contributed by atoms with Crippen molar-refractivity contribution in [3.05, 3.63) is 37.0 Å². The van der Waals surface area contributed by atoms with Crippen LogP contribution >= 0.6 is 0 Å². The quantitative estimate of drug-likeness (QED) is 0.431. The number of methoxy groups -OCH3 is 1. The summed E-state index contributed by atoms with van der Waals surface area (Å²) in [5.41, 5.74) is 5.12. The van der Waals surface area contributed by atoms with Crippen molar-refractivity contribution < 1.29 is 19.4 Å². The maximum atomic E-state index is 10.2. The highest BCUT2D eigenvalue weighted by atomic mass is 16.5. The van der Waals surface area contributed by atoms with E-state index in [1.54, 1.807) is 13.0 Å². The number of allylic oxidation sites excluding steroid dienone is 1. The summed E-state index contributed by atoms with van der Waals surface area (Å²) in [6, 6.07) is 1.69. The second-order valence-corrected chi connectivity index (χ2v) is 2.73. The van der Waals surface area contributed by atoms with E-state index in [1.165, 1.54) is 13.2 Å². The molecular formula is C12H18N2O4. The Morgan fingerprint density at radius 1 is 1.50 bits per heavy atom. The van der Waals surface area contributed by atoms with Crippen LogP contribution in [0.1, 0.15) is 6.92 Å². The number of aliphatic hydroxyl groups is 1. The molecule has 0 aliphatic rings. The molecule has 0 aliphatic carbocycles. The van der Waals surface area contributed by atoms with Crippen LogP contribution in [0.15, 0.2) is 37.0 Å². The van der Waals surface area contributed by atoms with Crippen molar-refractivity contribution in [3.63, 3.8) is 0 Å². The van der Waals surface area contributed by atoms with Crippen LogP contribution in [0.25, 0.3) is 0 Å². The number of hydrogen-bond acceptors (Lipinski definition) is 5. The number of nitriles is 1. The Labute approximate surface area is 107 Å². The molecular weight excluding hydrogens is 236 g/mol. The molecule has 0 heterocycles. The molecule has 0 aromatic rings. The standard InChI is InChI=1S/C5H8O2.C4H7NO2.C3H3N/c1-4(2)5(6)7-3;1-3(2-6)4(5)7;1-2-3-4/h1H2,2-3H3;6H,1-2H2,(H2,5,7);2H,1H2. The first kappa shape index (κ1) is 21.0. The minimum absolute atomic E-state index is 0.0417. The molecule has 0 fully saturated rings. The lowest BCUT2D eigenvalue weighted by Gasteiger charge is -1.91. The number of aliphatic hydroxyl groups excluding tert-OH is 1. The maximum absolute atomic E-state index is 10.2. The molecule has 3 N–H and O–H groups in total. The molecule has 100 valence electrons. The number of nitrogens with zero attached hydrogens (tertiary/aromatic N) is 1. The zero-order valence-corrected chi connectivity index (χ0v) is 10.6. The van der Waals surface area contributed by atoms with Crippen LogP contribution < -0.4 is 5.73 Å². The SMILES string of the molecule is C=C(C)C(=O)OC.C=C(CO)C(N)=O.C=CC#N. The lowest BCUT2D eigenvalue weighted by molar-refractivity contribution is -0.136. The van der Waals surface area contributed by atoms with E-state index >= 15 is 0 Å². The zero-order valence-electron chi connectivity index (χ0n) is 10.6. The number of carbonyl (C=O) groups is 2. The van der Waals surface area contributed by atoms with Crippen molar-refractivity contribution in [1.82, 2.24) is 0 Å². The highest BCUT2D eigenvalue weighted by Crippen LogP contribution is 1.87. The van der Waals surface area contributed by atoms with Gasteiger partial charge in [0.15, 0.2) is 0 Å². The first-order chi connectivity index (χ1) is 8.28. The fraction of sp³-hybridized carbons (Fsp3) is 0.250. The van der Waals surface area contributed by atoms with Crippen molar-refractivity contribution >= 4 is 11.9 Å². The van der Waals surface area contributed by atoms with Crippen LogP contribution in [0.2, 0.25) is 0 Å². The van der Waals surface area contributed by atoms with Crippen LogP contribution in [0.4, 0.5) is 0 Å². The van der Waals surface area contributed by atoms with Crippen molar-refractivity contribution in [3.8, 4) is 6.07 Å². The minimum Gasteiger partial charge on any atom is -0.466 e. The molecule has 0 atom stereocenters. The Kier molecular flexibility index (Phi) is 17.0. The Balaban J connectivity index is -0.000000196. The molecule has 0 unspecified atom stereocenters. The third kappa shape index (κ3) is 19.2. The van der Waals surface area contributed by atoms with Crippen molar-refractivity contribution in [2.24, 2.45) is 5.73 Å². The first-order valence-corrected chi connectivity index (χ1v) is 4.61. The van der Waals surface area contributed by atoms with E-state index in [9.17, 15) is 9.59 Å². The van der Waals surface area contributed by atoms with Gasteiger partial charge in [-0.05, 0) is 6.92 Å². The number of rotatable bonds is 3. The topological polar surface area (TPSA) is 113 Å². The predicted molar refractivity (Wildman–Crippen MR) is 68.1 cm³/mol. The van der Waals surface area contributed by atoms with Gasteiger partial charge in [0, 0.05) is 17.2 Å². The number of primary amides is 1. The van der Waals surface area contributed by atoms with Crippen LogP contribution in [-0.4, -0.2) is 30.7 Å². The Morgan fingerprint density at radius 3 is 1.89 bits per heavy atom. The van der Waals surface area contributed by atoms with Crippen molar-refractivity contribution in [2.45, 2.75) is 6.92 Å². The molecule has 0 aromatic carbocycles. The lowest BCUT2D eigenvalue weighted by atomic mass is 10.3. The van der Waals surface area contributed by atoms with Gasteiger partial charge in [-0.3, -0.25) is 4.79 Å². The highest BCUT2D eigenvalue weighted by molar-refractivity contribution is 5.91. The average molecular weight is 254 g/mol. The lowest BCUT2D eigenvalue weighted by Crippen LogP contribution is -2.14. The number of amides is 1. The highest BCUT2D eigenvalue weighted by Gasteiger charge is 1.95. The van der Waals surface area contributed by atoms with E-state index in [-0.39, 0.29) is 18.1 Å². The molecule has 0 saturated carbocycles. The minimum atomic E-state index is -0.650. The zero-order chi connectivity index (χ0) is 15.1. The van der Waals surface area contributed by atoms with Gasteiger partial charge in [0.2, 0.25) is 5.91 Å². The van der Waals surface area contributed by atoms with Gasteiger partial charge in [0.1, 0.15) is 0 Å². The van der Waals surface area contributed by atoms with E-state index in [4.69, 9.17) is 10.4 Å². The third-order valence-corrected chi connectivity index (χ3v) is 1.16.